The van der Waals surface area contributed by atoms with Gasteiger partial charge in [0.1, 0.15) is 5.69 Å². The van der Waals surface area contributed by atoms with Gasteiger partial charge in [0.2, 0.25) is 0 Å². The van der Waals surface area contributed by atoms with Crippen LogP contribution in [0.15, 0.2) is 48.9 Å². The fraction of sp³-hybridized carbons (Fsp3) is 0.450. The van der Waals surface area contributed by atoms with Crippen LogP contribution in [0, 0.1) is 0 Å². The van der Waals surface area contributed by atoms with Crippen molar-refractivity contribution in [1.29, 1.82) is 0 Å². The zero-order chi connectivity index (χ0) is 18.6. The summed E-state index contributed by atoms with van der Waals surface area (Å²) in [7, 11) is 2.13. The van der Waals surface area contributed by atoms with Crippen LogP contribution < -0.4 is 10.2 Å². The predicted molar refractivity (Wildman–Crippen MR) is 121 cm³/mol. The maximum Gasteiger partial charge on any atom is 0.162 e. The molecule has 7 nitrogen and oxygen atoms in total. The Bertz CT molecular complexity index is 859. The molecule has 3 heterocycles. The van der Waals surface area contributed by atoms with Gasteiger partial charge in [0.15, 0.2) is 5.82 Å². The van der Waals surface area contributed by atoms with Crippen LogP contribution in [-0.2, 0) is 6.54 Å². The zero-order valence-electron chi connectivity index (χ0n) is 16.8. The van der Waals surface area contributed by atoms with Crippen LogP contribution in [-0.4, -0.2) is 50.7 Å². The Kier molecular flexibility index (Phi) is 8.49. The number of benzene rings is 1. The van der Waals surface area contributed by atoms with E-state index in [0.717, 1.165) is 44.0 Å². The lowest BCUT2D eigenvalue weighted by molar-refractivity contribution is 0.337. The summed E-state index contributed by atoms with van der Waals surface area (Å²) in [5.41, 5.74) is 2.05. The Morgan fingerprint density at radius 2 is 1.90 bits per heavy atom. The van der Waals surface area contributed by atoms with Gasteiger partial charge in [-0.15, -0.1) is 29.9 Å². The van der Waals surface area contributed by atoms with Gasteiger partial charge >= 0.3 is 0 Å². The fourth-order valence-corrected chi connectivity index (χ4v) is 3.64. The molecule has 1 aromatic carbocycles. The number of nitrogens with one attached hydrogen (secondary N) is 1. The molecule has 1 atom stereocenters. The third kappa shape index (κ3) is 5.29. The molecule has 2 aromatic heterocycles. The SMILES string of the molecule is CC(Cn1ccnc1-c1cn(C2CCNCC2)nn1)N(C)c1ccccc1.Cl.Cl. The highest BCUT2D eigenvalue weighted by molar-refractivity contribution is 5.85. The molecule has 0 radical (unpaired) electrons. The van der Waals surface area contributed by atoms with Gasteiger partial charge in [0.05, 0.1) is 12.2 Å². The van der Waals surface area contributed by atoms with E-state index in [-0.39, 0.29) is 24.8 Å². The van der Waals surface area contributed by atoms with E-state index in [1.54, 1.807) is 0 Å². The van der Waals surface area contributed by atoms with Crippen LogP contribution in [0.5, 0.6) is 0 Å². The zero-order valence-corrected chi connectivity index (χ0v) is 18.4. The minimum Gasteiger partial charge on any atom is -0.370 e. The van der Waals surface area contributed by atoms with Crippen LogP contribution in [0.25, 0.3) is 11.5 Å². The number of nitrogens with zero attached hydrogens (tertiary/aromatic N) is 6. The molecule has 9 heteroatoms. The van der Waals surface area contributed by atoms with E-state index in [1.165, 1.54) is 5.69 Å². The van der Waals surface area contributed by atoms with Crippen molar-refractivity contribution in [2.75, 3.05) is 25.0 Å². The number of aromatic nitrogens is 5. The third-order valence-electron chi connectivity index (χ3n) is 5.42. The predicted octanol–water partition coefficient (Wildman–Crippen LogP) is 3.43. The summed E-state index contributed by atoms with van der Waals surface area (Å²) in [5, 5.41) is 12.2. The average molecular weight is 438 g/mol. The van der Waals surface area contributed by atoms with E-state index in [0.29, 0.717) is 12.1 Å². The number of hydrogen-bond donors (Lipinski definition) is 1. The number of anilines is 1. The quantitative estimate of drug-likeness (QED) is 0.639. The summed E-state index contributed by atoms with van der Waals surface area (Å²) >= 11 is 0. The maximum absolute atomic E-state index is 4.55. The molecule has 0 amide bonds. The largest absolute Gasteiger partial charge is 0.370 e. The van der Waals surface area contributed by atoms with E-state index in [4.69, 9.17) is 0 Å². The number of halogens is 2. The summed E-state index contributed by atoms with van der Waals surface area (Å²) in [6.07, 6.45) is 8.09. The first-order valence-corrected chi connectivity index (χ1v) is 9.64. The number of hydrogen-bond acceptors (Lipinski definition) is 5. The number of likely N-dealkylation sites (N-methyl/N-ethyl adjacent to an activating group) is 1. The second kappa shape index (κ2) is 10.6. The topological polar surface area (TPSA) is 63.8 Å². The van der Waals surface area contributed by atoms with E-state index in [2.05, 4.69) is 68.3 Å². The molecular weight excluding hydrogens is 409 g/mol. The number of rotatable bonds is 6. The van der Waals surface area contributed by atoms with Gasteiger partial charge in [-0.05, 0) is 45.0 Å². The van der Waals surface area contributed by atoms with E-state index < -0.39 is 0 Å². The first-order chi connectivity index (χ1) is 13.2. The normalized spacial score (nSPS) is 15.2. The van der Waals surface area contributed by atoms with E-state index in [9.17, 15) is 0 Å². The summed E-state index contributed by atoms with van der Waals surface area (Å²) in [4.78, 5) is 6.83. The van der Waals surface area contributed by atoms with E-state index >= 15 is 0 Å². The van der Waals surface area contributed by atoms with Crippen molar-refractivity contribution in [2.45, 2.75) is 38.4 Å². The van der Waals surface area contributed by atoms with Gasteiger partial charge in [-0.25, -0.2) is 9.67 Å². The van der Waals surface area contributed by atoms with Crippen molar-refractivity contribution < 1.29 is 0 Å². The monoisotopic (exact) mass is 437 g/mol. The van der Waals surface area contributed by atoms with Crippen molar-refractivity contribution in [2.24, 2.45) is 0 Å². The Morgan fingerprint density at radius 1 is 1.17 bits per heavy atom. The lowest BCUT2D eigenvalue weighted by Crippen LogP contribution is -2.32. The number of piperidine rings is 1. The van der Waals surface area contributed by atoms with Crippen LogP contribution >= 0.6 is 24.8 Å². The third-order valence-corrected chi connectivity index (χ3v) is 5.42. The molecule has 0 aliphatic carbocycles. The molecule has 1 unspecified atom stereocenters. The van der Waals surface area contributed by atoms with Gasteiger partial charge in [-0.2, -0.15) is 0 Å². The molecule has 1 N–H and O–H groups in total. The average Bonchev–Trinajstić information content (AvgIpc) is 3.38. The molecule has 0 spiro atoms. The van der Waals surface area contributed by atoms with Crippen LogP contribution in [0.3, 0.4) is 0 Å². The molecule has 1 aliphatic rings. The second-order valence-corrected chi connectivity index (χ2v) is 7.26. The van der Waals surface area contributed by atoms with Gasteiger partial charge < -0.3 is 14.8 Å². The molecule has 1 fully saturated rings. The number of imidazole rings is 1. The van der Waals surface area contributed by atoms with Crippen molar-refractivity contribution in [3.8, 4) is 11.5 Å². The lowest BCUT2D eigenvalue weighted by Gasteiger charge is -2.27. The molecule has 1 aliphatic heterocycles. The fourth-order valence-electron chi connectivity index (χ4n) is 3.64. The summed E-state index contributed by atoms with van der Waals surface area (Å²) < 4.78 is 4.18. The Labute approximate surface area is 184 Å². The minimum absolute atomic E-state index is 0. The highest BCUT2D eigenvalue weighted by Gasteiger charge is 2.19. The minimum atomic E-state index is 0. The summed E-state index contributed by atoms with van der Waals surface area (Å²) in [6, 6.07) is 11.2. The molecule has 158 valence electrons. The molecule has 0 bridgehead atoms. The van der Waals surface area contributed by atoms with Crippen molar-refractivity contribution in [3.63, 3.8) is 0 Å². The van der Waals surface area contributed by atoms with Gasteiger partial charge in [-0.1, -0.05) is 23.4 Å². The molecule has 29 heavy (non-hydrogen) atoms. The standard InChI is InChI=1S/C20H27N7.2ClH/c1-16(25(2)17-6-4-3-5-7-17)14-26-13-12-22-20(26)19-15-27(24-23-19)18-8-10-21-11-9-18;;/h3-7,12-13,15-16,18,21H,8-11,14H2,1-2H3;2*1H. The van der Waals surface area contributed by atoms with Crippen molar-refractivity contribution in [1.82, 2.24) is 29.9 Å². The highest BCUT2D eigenvalue weighted by atomic mass is 35.5. The van der Waals surface area contributed by atoms with Gasteiger partial charge in [0, 0.05) is 37.7 Å². The first-order valence-electron chi connectivity index (χ1n) is 9.64. The Balaban J connectivity index is 0.00000150. The number of para-hydroxylation sites is 1. The summed E-state index contributed by atoms with van der Waals surface area (Å²) in [5.74, 6) is 0.878. The van der Waals surface area contributed by atoms with Crippen molar-refractivity contribution in [3.05, 3.63) is 48.9 Å². The van der Waals surface area contributed by atoms with E-state index in [1.807, 2.05) is 29.3 Å². The van der Waals surface area contributed by atoms with Crippen molar-refractivity contribution >= 4 is 30.5 Å². The van der Waals surface area contributed by atoms with Crippen LogP contribution in [0.1, 0.15) is 25.8 Å². The second-order valence-electron chi connectivity index (χ2n) is 7.26. The van der Waals surface area contributed by atoms with Gasteiger partial charge in [0.25, 0.3) is 0 Å². The highest BCUT2D eigenvalue weighted by Crippen LogP contribution is 2.22. The first kappa shape index (κ1) is 23.2. The molecular formula is C20H29Cl2N7. The summed E-state index contributed by atoms with van der Waals surface area (Å²) in [6.45, 7) is 5.14. The van der Waals surface area contributed by atoms with Gasteiger partial charge in [-0.3, -0.25) is 0 Å². The molecule has 3 aromatic rings. The maximum atomic E-state index is 4.55. The molecule has 1 saturated heterocycles. The lowest BCUT2D eigenvalue weighted by atomic mass is 10.1. The van der Waals surface area contributed by atoms with Crippen LogP contribution in [0.4, 0.5) is 5.69 Å². The van der Waals surface area contributed by atoms with Crippen LogP contribution in [0.2, 0.25) is 0 Å². The Hall–Kier alpha value is -2.09. The Morgan fingerprint density at radius 3 is 2.62 bits per heavy atom. The molecule has 4 rings (SSSR count). The smallest absolute Gasteiger partial charge is 0.162 e. The molecule has 0 saturated carbocycles.